The van der Waals surface area contributed by atoms with Gasteiger partial charge in [-0.3, -0.25) is 5.43 Å². The first-order chi connectivity index (χ1) is 9.78. The predicted molar refractivity (Wildman–Crippen MR) is 86.7 cm³/mol. The molecule has 2 aromatic heterocycles. The Hall–Kier alpha value is -1.70. The van der Waals surface area contributed by atoms with Gasteiger partial charge in [0.25, 0.3) is 0 Å². The molecule has 3 aromatic rings. The van der Waals surface area contributed by atoms with E-state index in [1.54, 1.807) is 11.3 Å². The summed E-state index contributed by atoms with van der Waals surface area (Å²) in [6.07, 6.45) is 0. The third kappa shape index (κ3) is 2.60. The SMILES string of the molecule is NNc1nc(NCc2ccccc2Br)c2ccsc2n1. The minimum absolute atomic E-state index is 0.412. The molecule has 0 unspecified atom stereocenters. The summed E-state index contributed by atoms with van der Waals surface area (Å²) >= 11 is 5.10. The average Bonchev–Trinajstić information content (AvgIpc) is 2.94. The van der Waals surface area contributed by atoms with Gasteiger partial charge in [-0.15, -0.1) is 11.3 Å². The van der Waals surface area contributed by atoms with Gasteiger partial charge < -0.3 is 5.32 Å². The van der Waals surface area contributed by atoms with Crippen LogP contribution in [0.2, 0.25) is 0 Å². The van der Waals surface area contributed by atoms with Crippen molar-refractivity contribution in [3.8, 4) is 0 Å². The van der Waals surface area contributed by atoms with Crippen molar-refractivity contribution >= 4 is 49.2 Å². The molecule has 4 N–H and O–H groups in total. The molecule has 1 aromatic carbocycles. The molecule has 20 heavy (non-hydrogen) atoms. The van der Waals surface area contributed by atoms with Crippen molar-refractivity contribution in [2.45, 2.75) is 6.54 Å². The zero-order valence-electron chi connectivity index (χ0n) is 10.4. The van der Waals surface area contributed by atoms with Crippen molar-refractivity contribution in [1.82, 2.24) is 9.97 Å². The van der Waals surface area contributed by atoms with Gasteiger partial charge in [0.1, 0.15) is 10.6 Å². The van der Waals surface area contributed by atoms with Crippen molar-refractivity contribution < 1.29 is 0 Å². The van der Waals surface area contributed by atoms with Crippen LogP contribution in [0.25, 0.3) is 10.2 Å². The number of hydrogen-bond acceptors (Lipinski definition) is 6. The Morgan fingerprint density at radius 3 is 2.85 bits per heavy atom. The third-order valence-electron chi connectivity index (χ3n) is 2.86. The number of rotatable bonds is 4. The molecule has 0 saturated carbocycles. The maximum atomic E-state index is 5.40. The number of nitrogens with two attached hydrogens (primary N) is 1. The number of aromatic nitrogens is 2. The van der Waals surface area contributed by atoms with E-state index < -0.39 is 0 Å². The van der Waals surface area contributed by atoms with E-state index in [1.807, 2.05) is 29.6 Å². The second kappa shape index (κ2) is 5.74. The summed E-state index contributed by atoms with van der Waals surface area (Å²) < 4.78 is 1.07. The first-order valence-corrected chi connectivity index (χ1v) is 7.64. The summed E-state index contributed by atoms with van der Waals surface area (Å²) in [6, 6.07) is 10.1. The summed E-state index contributed by atoms with van der Waals surface area (Å²) in [6.45, 7) is 0.674. The Labute approximate surface area is 128 Å². The number of benzene rings is 1. The normalized spacial score (nSPS) is 10.7. The van der Waals surface area contributed by atoms with Gasteiger partial charge in [0.15, 0.2) is 0 Å². The summed E-state index contributed by atoms with van der Waals surface area (Å²) in [5.74, 6) is 6.59. The number of nitrogen functional groups attached to an aromatic ring is 1. The molecule has 0 bridgehead atoms. The fourth-order valence-electron chi connectivity index (χ4n) is 1.88. The molecular formula is C13H12BrN5S. The highest BCUT2D eigenvalue weighted by atomic mass is 79.9. The van der Waals surface area contributed by atoms with Gasteiger partial charge in [-0.25, -0.2) is 10.8 Å². The van der Waals surface area contributed by atoms with Gasteiger partial charge in [0, 0.05) is 11.0 Å². The predicted octanol–water partition coefficient (Wildman–Crippen LogP) is 3.35. The molecule has 7 heteroatoms. The number of hydrazine groups is 1. The highest BCUT2D eigenvalue weighted by Crippen LogP contribution is 2.27. The zero-order valence-corrected chi connectivity index (χ0v) is 12.8. The quantitative estimate of drug-likeness (QED) is 0.497. The van der Waals surface area contributed by atoms with Crippen molar-refractivity contribution in [2.75, 3.05) is 10.7 Å². The molecule has 3 rings (SSSR count). The molecule has 0 spiro atoms. The van der Waals surface area contributed by atoms with Gasteiger partial charge in [-0.05, 0) is 23.1 Å². The number of anilines is 2. The fraction of sp³-hybridized carbons (Fsp3) is 0.0769. The third-order valence-corrected chi connectivity index (χ3v) is 4.44. The van der Waals surface area contributed by atoms with Gasteiger partial charge in [0.2, 0.25) is 5.95 Å². The largest absolute Gasteiger partial charge is 0.365 e. The smallest absolute Gasteiger partial charge is 0.240 e. The summed E-state index contributed by atoms with van der Waals surface area (Å²) in [5, 5.41) is 6.33. The molecule has 0 saturated heterocycles. The summed E-state index contributed by atoms with van der Waals surface area (Å²) in [7, 11) is 0. The number of nitrogens with one attached hydrogen (secondary N) is 2. The first kappa shape index (κ1) is 13.3. The molecule has 0 aliphatic heterocycles. The molecule has 5 nitrogen and oxygen atoms in total. The Kier molecular flexibility index (Phi) is 3.81. The number of halogens is 1. The lowest BCUT2D eigenvalue weighted by molar-refractivity contribution is 1.09. The van der Waals surface area contributed by atoms with E-state index >= 15 is 0 Å². The van der Waals surface area contributed by atoms with Crippen LogP contribution in [0.3, 0.4) is 0 Å². The van der Waals surface area contributed by atoms with E-state index in [2.05, 4.69) is 42.7 Å². The maximum Gasteiger partial charge on any atom is 0.240 e. The molecule has 0 aliphatic rings. The van der Waals surface area contributed by atoms with E-state index in [1.165, 1.54) is 0 Å². The lowest BCUT2D eigenvalue weighted by atomic mass is 10.2. The van der Waals surface area contributed by atoms with Gasteiger partial charge in [-0.1, -0.05) is 34.1 Å². The molecule has 2 heterocycles. The lowest BCUT2D eigenvalue weighted by Crippen LogP contribution is -2.12. The van der Waals surface area contributed by atoms with Crippen LogP contribution in [-0.4, -0.2) is 9.97 Å². The van der Waals surface area contributed by atoms with Crippen LogP contribution in [0.1, 0.15) is 5.56 Å². The minimum atomic E-state index is 0.412. The standard InChI is InChI=1S/C13H12BrN5S/c14-10-4-2-1-3-8(10)7-16-11-9-5-6-20-12(9)18-13(17-11)19-15/h1-6H,7,15H2,(H2,16,17,18,19). The molecule has 0 radical (unpaired) electrons. The second-order valence-electron chi connectivity index (χ2n) is 4.12. The van der Waals surface area contributed by atoms with Crippen LogP contribution in [0.5, 0.6) is 0 Å². The molecule has 0 atom stereocenters. The van der Waals surface area contributed by atoms with Gasteiger partial charge in [-0.2, -0.15) is 4.98 Å². The number of hydrogen-bond donors (Lipinski definition) is 3. The highest BCUT2D eigenvalue weighted by molar-refractivity contribution is 9.10. The second-order valence-corrected chi connectivity index (χ2v) is 5.87. The molecule has 0 aliphatic carbocycles. The molecular weight excluding hydrogens is 338 g/mol. The Morgan fingerprint density at radius 2 is 2.05 bits per heavy atom. The molecule has 0 amide bonds. The van der Waals surface area contributed by atoms with Crippen LogP contribution < -0.4 is 16.6 Å². The van der Waals surface area contributed by atoms with E-state index in [-0.39, 0.29) is 0 Å². The van der Waals surface area contributed by atoms with Crippen molar-refractivity contribution in [3.05, 3.63) is 45.7 Å². The van der Waals surface area contributed by atoms with Crippen molar-refractivity contribution in [3.63, 3.8) is 0 Å². The monoisotopic (exact) mass is 349 g/mol. The van der Waals surface area contributed by atoms with Crippen molar-refractivity contribution in [2.24, 2.45) is 5.84 Å². The van der Waals surface area contributed by atoms with Crippen molar-refractivity contribution in [1.29, 1.82) is 0 Å². The Balaban J connectivity index is 1.90. The van der Waals surface area contributed by atoms with E-state index in [4.69, 9.17) is 5.84 Å². The maximum absolute atomic E-state index is 5.40. The molecule has 102 valence electrons. The first-order valence-electron chi connectivity index (χ1n) is 5.97. The molecule has 0 fully saturated rings. The van der Waals surface area contributed by atoms with E-state index in [0.29, 0.717) is 12.5 Å². The topological polar surface area (TPSA) is 75.9 Å². The Bertz CT molecular complexity index is 742. The highest BCUT2D eigenvalue weighted by Gasteiger charge is 2.08. The average molecular weight is 350 g/mol. The van der Waals surface area contributed by atoms with E-state index in [9.17, 15) is 0 Å². The summed E-state index contributed by atoms with van der Waals surface area (Å²) in [4.78, 5) is 9.58. The minimum Gasteiger partial charge on any atom is -0.365 e. The van der Waals surface area contributed by atoms with Gasteiger partial charge >= 0.3 is 0 Å². The number of thiophene rings is 1. The van der Waals surface area contributed by atoms with Crippen LogP contribution in [0, 0.1) is 0 Å². The van der Waals surface area contributed by atoms with Crippen LogP contribution in [-0.2, 0) is 6.54 Å². The lowest BCUT2D eigenvalue weighted by Gasteiger charge is -2.09. The fourth-order valence-corrected chi connectivity index (χ4v) is 3.06. The van der Waals surface area contributed by atoms with Crippen LogP contribution in [0.4, 0.5) is 11.8 Å². The number of fused-ring (bicyclic) bond motifs is 1. The number of nitrogens with zero attached hydrogens (tertiary/aromatic N) is 2. The Morgan fingerprint density at radius 1 is 1.20 bits per heavy atom. The van der Waals surface area contributed by atoms with Gasteiger partial charge in [0.05, 0.1) is 5.39 Å². The van der Waals surface area contributed by atoms with Crippen LogP contribution in [0.15, 0.2) is 40.2 Å². The zero-order chi connectivity index (χ0) is 13.9. The van der Waals surface area contributed by atoms with Crippen LogP contribution >= 0.6 is 27.3 Å². The summed E-state index contributed by atoms with van der Waals surface area (Å²) in [5.41, 5.74) is 3.66. The van der Waals surface area contributed by atoms with E-state index in [0.717, 1.165) is 26.1 Å².